The Morgan fingerprint density at radius 1 is 1.24 bits per heavy atom. The molecule has 0 aromatic carbocycles. The molecule has 12 heteroatoms. The van der Waals surface area contributed by atoms with Crippen molar-refractivity contribution in [2.45, 2.75) is 24.9 Å². The van der Waals surface area contributed by atoms with Gasteiger partial charge in [0.1, 0.15) is 5.78 Å². The van der Waals surface area contributed by atoms with Gasteiger partial charge in [-0.3, -0.25) is 9.59 Å². The van der Waals surface area contributed by atoms with Gasteiger partial charge in [-0.05, 0) is 12.3 Å². The standard InChI is InChI=1S/C13H16F5NO5S/c14-12(15,13(16,17)18)10(22)19(11(23)24)3-4-25-6-8-7(5-20)1-2-9(8)21/h7-8,20H,1-6H2,(H,23,24). The van der Waals surface area contributed by atoms with Crippen LogP contribution >= 0.6 is 11.8 Å². The minimum absolute atomic E-state index is 0.0960. The van der Waals surface area contributed by atoms with Gasteiger partial charge in [0.05, 0.1) is 0 Å². The Kier molecular flexibility index (Phi) is 7.18. The zero-order valence-corrected chi connectivity index (χ0v) is 13.6. The molecule has 144 valence electrons. The van der Waals surface area contributed by atoms with Crippen LogP contribution in [0.1, 0.15) is 12.8 Å². The summed E-state index contributed by atoms with van der Waals surface area (Å²) in [5, 5.41) is 17.8. The number of aliphatic hydroxyl groups is 1. The maximum absolute atomic E-state index is 13.0. The van der Waals surface area contributed by atoms with Crippen molar-refractivity contribution in [1.29, 1.82) is 0 Å². The molecule has 25 heavy (non-hydrogen) atoms. The molecule has 1 aliphatic carbocycles. The molecule has 1 aliphatic rings. The van der Waals surface area contributed by atoms with E-state index in [-0.39, 0.29) is 36.2 Å². The van der Waals surface area contributed by atoms with E-state index in [1.165, 1.54) is 0 Å². The summed E-state index contributed by atoms with van der Waals surface area (Å²) >= 11 is 0.939. The van der Waals surface area contributed by atoms with Gasteiger partial charge in [-0.25, -0.2) is 9.69 Å². The highest BCUT2D eigenvalue weighted by atomic mass is 32.2. The van der Waals surface area contributed by atoms with E-state index in [1.807, 2.05) is 0 Å². The van der Waals surface area contributed by atoms with Crippen molar-refractivity contribution >= 4 is 29.5 Å². The molecule has 0 aromatic heterocycles. The molecule has 2 unspecified atom stereocenters. The number of amides is 2. The lowest BCUT2D eigenvalue weighted by Crippen LogP contribution is -2.54. The van der Waals surface area contributed by atoms with Crippen LogP contribution in [-0.4, -0.2) is 69.7 Å². The smallest absolute Gasteiger partial charge is 0.463 e. The summed E-state index contributed by atoms with van der Waals surface area (Å²) in [5.74, 6) is -9.61. The van der Waals surface area contributed by atoms with E-state index in [2.05, 4.69) is 0 Å². The molecule has 0 bridgehead atoms. The van der Waals surface area contributed by atoms with Gasteiger partial charge in [0, 0.05) is 37.0 Å². The molecule has 0 radical (unpaired) electrons. The highest BCUT2D eigenvalue weighted by Crippen LogP contribution is 2.37. The first-order valence-corrected chi connectivity index (χ1v) is 8.29. The Bertz CT molecular complexity index is 527. The van der Waals surface area contributed by atoms with Gasteiger partial charge in [0.25, 0.3) is 0 Å². The van der Waals surface area contributed by atoms with E-state index in [0.717, 1.165) is 11.8 Å². The van der Waals surface area contributed by atoms with Gasteiger partial charge >= 0.3 is 24.1 Å². The number of carbonyl (C=O) groups is 3. The summed E-state index contributed by atoms with van der Waals surface area (Å²) in [6, 6.07) is 0. The third-order valence-electron chi connectivity index (χ3n) is 3.84. The second-order valence-corrected chi connectivity index (χ2v) is 6.59. The summed E-state index contributed by atoms with van der Waals surface area (Å²) in [6.45, 7) is -1.09. The predicted molar refractivity (Wildman–Crippen MR) is 76.4 cm³/mol. The number of Topliss-reactive ketones (excluding diaryl/α,β-unsaturated/α-hetero) is 1. The fourth-order valence-electron chi connectivity index (χ4n) is 2.37. The van der Waals surface area contributed by atoms with E-state index < -0.39 is 41.5 Å². The van der Waals surface area contributed by atoms with Crippen molar-refractivity contribution < 1.29 is 46.5 Å². The van der Waals surface area contributed by atoms with E-state index in [0.29, 0.717) is 6.42 Å². The number of hydrogen-bond donors (Lipinski definition) is 2. The molecular formula is C13H16F5NO5S. The van der Waals surface area contributed by atoms with Crippen molar-refractivity contribution in [3.8, 4) is 0 Å². The van der Waals surface area contributed by atoms with Crippen LogP contribution in [-0.2, 0) is 9.59 Å². The van der Waals surface area contributed by atoms with Crippen molar-refractivity contribution in [2.75, 3.05) is 24.7 Å². The lowest BCUT2D eigenvalue weighted by Gasteiger charge is -2.24. The fraction of sp³-hybridized carbons (Fsp3) is 0.769. The van der Waals surface area contributed by atoms with Crippen molar-refractivity contribution in [3.05, 3.63) is 0 Å². The van der Waals surface area contributed by atoms with Gasteiger partial charge in [0.2, 0.25) is 0 Å². The first-order valence-electron chi connectivity index (χ1n) is 7.14. The fourth-order valence-corrected chi connectivity index (χ4v) is 3.56. The number of thioether (sulfide) groups is 1. The highest BCUT2D eigenvalue weighted by Gasteiger charge is 2.65. The minimum atomic E-state index is -6.20. The molecule has 2 N–H and O–H groups in total. The van der Waals surface area contributed by atoms with Crippen LogP contribution in [0.3, 0.4) is 0 Å². The normalized spacial score (nSPS) is 21.4. The monoisotopic (exact) mass is 393 g/mol. The Hall–Kier alpha value is -1.43. The largest absolute Gasteiger partial charge is 0.465 e. The van der Waals surface area contributed by atoms with Crippen LogP contribution in [0.15, 0.2) is 0 Å². The maximum Gasteiger partial charge on any atom is 0.463 e. The lowest BCUT2D eigenvalue weighted by atomic mass is 9.99. The number of imide groups is 1. The molecule has 0 aliphatic heterocycles. The number of nitrogens with zero attached hydrogens (tertiary/aromatic N) is 1. The number of ketones is 1. The minimum Gasteiger partial charge on any atom is -0.465 e. The molecule has 6 nitrogen and oxygen atoms in total. The average Bonchev–Trinajstić information content (AvgIpc) is 2.85. The molecule has 1 fully saturated rings. The van der Waals surface area contributed by atoms with Crippen LogP contribution in [0, 0.1) is 11.8 Å². The number of aliphatic hydroxyl groups excluding tert-OH is 1. The topological polar surface area (TPSA) is 94.9 Å². The van der Waals surface area contributed by atoms with E-state index in [9.17, 15) is 36.3 Å². The van der Waals surface area contributed by atoms with Crippen molar-refractivity contribution in [3.63, 3.8) is 0 Å². The van der Waals surface area contributed by atoms with Crippen LogP contribution < -0.4 is 0 Å². The number of rotatable bonds is 7. The zero-order chi connectivity index (χ0) is 19.4. The number of halogens is 5. The SMILES string of the molecule is O=C1CCC(CO)C1CSCCN(C(=O)O)C(=O)C(F)(F)C(F)(F)F. The first kappa shape index (κ1) is 21.6. The second-order valence-electron chi connectivity index (χ2n) is 5.44. The van der Waals surface area contributed by atoms with Crippen molar-refractivity contribution in [2.24, 2.45) is 11.8 Å². The third kappa shape index (κ3) is 5.03. The number of hydrogen-bond acceptors (Lipinski definition) is 5. The molecule has 2 atom stereocenters. The number of carboxylic acid groups (broad SMARTS) is 1. The Morgan fingerprint density at radius 2 is 1.84 bits per heavy atom. The summed E-state index contributed by atoms with van der Waals surface area (Å²) in [5.41, 5.74) is 0. The summed E-state index contributed by atoms with van der Waals surface area (Å²) in [6.07, 6.45) is -7.64. The molecule has 1 rings (SSSR count). The van der Waals surface area contributed by atoms with Crippen LogP contribution in [0.4, 0.5) is 26.7 Å². The predicted octanol–water partition coefficient (Wildman–Crippen LogP) is 2.01. The van der Waals surface area contributed by atoms with Crippen LogP contribution in [0.25, 0.3) is 0 Å². The quantitative estimate of drug-likeness (QED) is 0.508. The van der Waals surface area contributed by atoms with Gasteiger partial charge in [-0.2, -0.15) is 33.7 Å². The average molecular weight is 393 g/mol. The molecular weight excluding hydrogens is 377 g/mol. The number of carbonyl (C=O) groups excluding carboxylic acids is 2. The number of alkyl halides is 5. The molecule has 2 amide bonds. The summed E-state index contributed by atoms with van der Waals surface area (Å²) in [7, 11) is 0. The summed E-state index contributed by atoms with van der Waals surface area (Å²) < 4.78 is 62.5. The van der Waals surface area contributed by atoms with Gasteiger partial charge < -0.3 is 10.2 Å². The molecule has 0 spiro atoms. The lowest BCUT2D eigenvalue weighted by molar-refractivity contribution is -0.273. The van der Waals surface area contributed by atoms with E-state index >= 15 is 0 Å². The van der Waals surface area contributed by atoms with Gasteiger partial charge in [-0.15, -0.1) is 0 Å². The maximum atomic E-state index is 13.0. The zero-order valence-electron chi connectivity index (χ0n) is 12.8. The Labute approximate surface area is 143 Å². The summed E-state index contributed by atoms with van der Waals surface area (Å²) in [4.78, 5) is 33.1. The highest BCUT2D eigenvalue weighted by molar-refractivity contribution is 7.99. The Morgan fingerprint density at radius 3 is 2.32 bits per heavy atom. The molecule has 0 heterocycles. The van der Waals surface area contributed by atoms with E-state index in [4.69, 9.17) is 10.2 Å². The molecule has 1 saturated carbocycles. The van der Waals surface area contributed by atoms with E-state index in [1.54, 1.807) is 0 Å². The van der Waals surface area contributed by atoms with Crippen LogP contribution in [0.5, 0.6) is 0 Å². The first-order chi connectivity index (χ1) is 11.4. The third-order valence-corrected chi connectivity index (χ3v) is 4.90. The second kappa shape index (κ2) is 8.30. The molecule has 0 saturated heterocycles. The van der Waals surface area contributed by atoms with Crippen molar-refractivity contribution in [1.82, 2.24) is 4.90 Å². The molecule has 0 aromatic rings. The van der Waals surface area contributed by atoms with Gasteiger partial charge in [-0.1, -0.05) is 0 Å². The van der Waals surface area contributed by atoms with Gasteiger partial charge in [0.15, 0.2) is 0 Å². The Balaban J connectivity index is 2.61. The van der Waals surface area contributed by atoms with Crippen LogP contribution in [0.2, 0.25) is 0 Å².